The van der Waals surface area contributed by atoms with E-state index in [4.69, 9.17) is 9.15 Å². The molecule has 2 amide bonds. The first kappa shape index (κ1) is 24.6. The van der Waals surface area contributed by atoms with Crippen molar-refractivity contribution in [3.8, 4) is 5.75 Å². The van der Waals surface area contributed by atoms with Crippen molar-refractivity contribution in [1.29, 1.82) is 0 Å². The van der Waals surface area contributed by atoms with Crippen LogP contribution in [0, 0.1) is 0 Å². The second kappa shape index (κ2) is 11.3. The van der Waals surface area contributed by atoms with E-state index in [2.05, 4.69) is 27.7 Å². The molecule has 37 heavy (non-hydrogen) atoms. The lowest BCUT2D eigenvalue weighted by molar-refractivity contribution is -0.121. The number of likely N-dealkylation sites (tertiary alicyclic amines) is 1. The Balaban J connectivity index is 1.07. The average Bonchev–Trinajstić information content (AvgIpc) is 3.36. The Bertz CT molecular complexity index is 1340. The van der Waals surface area contributed by atoms with Gasteiger partial charge in [0.25, 0.3) is 5.91 Å². The highest BCUT2D eigenvalue weighted by Gasteiger charge is 2.21. The van der Waals surface area contributed by atoms with E-state index in [0.29, 0.717) is 17.7 Å². The number of para-hydroxylation sites is 1. The van der Waals surface area contributed by atoms with Crippen LogP contribution in [0.5, 0.6) is 5.75 Å². The van der Waals surface area contributed by atoms with Crippen LogP contribution in [0.3, 0.4) is 0 Å². The van der Waals surface area contributed by atoms with Crippen molar-refractivity contribution in [3.05, 3.63) is 95.7 Å². The van der Waals surface area contributed by atoms with Crippen molar-refractivity contribution in [1.82, 2.24) is 10.2 Å². The predicted molar refractivity (Wildman–Crippen MR) is 144 cm³/mol. The Morgan fingerprint density at radius 1 is 0.946 bits per heavy atom. The summed E-state index contributed by atoms with van der Waals surface area (Å²) in [4.78, 5) is 27.6. The molecule has 7 heteroatoms. The van der Waals surface area contributed by atoms with Crippen LogP contribution in [-0.4, -0.2) is 43.0 Å². The minimum atomic E-state index is -0.306. The van der Waals surface area contributed by atoms with Gasteiger partial charge in [-0.05, 0) is 60.4 Å². The summed E-state index contributed by atoms with van der Waals surface area (Å²) in [5.74, 6) is 0.852. The zero-order valence-electron chi connectivity index (χ0n) is 20.9. The molecule has 1 aliphatic rings. The average molecular weight is 498 g/mol. The van der Waals surface area contributed by atoms with E-state index in [1.54, 1.807) is 25.3 Å². The molecule has 4 aromatic rings. The molecule has 5 rings (SSSR count). The molecule has 0 radical (unpaired) electrons. The van der Waals surface area contributed by atoms with Gasteiger partial charge in [-0.3, -0.25) is 14.5 Å². The maximum atomic E-state index is 12.6. The number of piperidine rings is 1. The summed E-state index contributed by atoms with van der Waals surface area (Å²) in [5, 5.41) is 6.92. The monoisotopic (exact) mass is 497 g/mol. The number of amides is 2. The van der Waals surface area contributed by atoms with Gasteiger partial charge in [0.15, 0.2) is 5.76 Å². The lowest BCUT2D eigenvalue weighted by Crippen LogP contribution is -2.44. The molecule has 1 saturated heterocycles. The van der Waals surface area contributed by atoms with Gasteiger partial charge in [-0.2, -0.15) is 0 Å². The molecule has 1 aliphatic heterocycles. The normalized spacial score (nSPS) is 14.4. The quantitative estimate of drug-likeness (QED) is 0.357. The highest BCUT2D eigenvalue weighted by atomic mass is 16.5. The fourth-order valence-corrected chi connectivity index (χ4v) is 4.72. The number of rotatable bonds is 8. The maximum absolute atomic E-state index is 12.6. The third-order valence-electron chi connectivity index (χ3n) is 6.72. The number of benzene rings is 3. The van der Waals surface area contributed by atoms with E-state index in [9.17, 15) is 9.59 Å². The van der Waals surface area contributed by atoms with Crippen molar-refractivity contribution in [2.24, 2.45) is 0 Å². The minimum absolute atomic E-state index is 0.0188. The number of furan rings is 1. The smallest absolute Gasteiger partial charge is 0.291 e. The third-order valence-corrected chi connectivity index (χ3v) is 6.72. The molecule has 0 unspecified atom stereocenters. The van der Waals surface area contributed by atoms with Crippen molar-refractivity contribution in [2.75, 3.05) is 25.5 Å². The standard InChI is InChI=1S/C30H31N3O4/c1-36-26-7-4-5-22(17-26)20-33-15-13-25(14-16-33)31-29(34)18-21-9-11-24(12-10-21)32-30(35)28-19-23-6-2-3-8-27(23)37-28/h2-12,17,19,25H,13-16,18,20H2,1H3,(H,31,34)(H,32,35). The topological polar surface area (TPSA) is 83.8 Å². The first-order chi connectivity index (χ1) is 18.1. The van der Waals surface area contributed by atoms with E-state index in [1.165, 1.54) is 5.56 Å². The summed E-state index contributed by atoms with van der Waals surface area (Å²) in [5.41, 5.74) is 3.46. The molecule has 0 saturated carbocycles. The second-order valence-corrected chi connectivity index (χ2v) is 9.45. The number of nitrogens with zero attached hydrogens (tertiary/aromatic N) is 1. The van der Waals surface area contributed by atoms with Crippen LogP contribution in [0.2, 0.25) is 0 Å². The first-order valence-corrected chi connectivity index (χ1v) is 12.6. The summed E-state index contributed by atoms with van der Waals surface area (Å²) in [6, 6.07) is 24.9. The molecule has 0 atom stereocenters. The van der Waals surface area contributed by atoms with Crippen molar-refractivity contribution in [2.45, 2.75) is 31.8 Å². The maximum Gasteiger partial charge on any atom is 0.291 e. The van der Waals surface area contributed by atoms with Crippen LogP contribution >= 0.6 is 0 Å². The second-order valence-electron chi connectivity index (χ2n) is 9.45. The van der Waals surface area contributed by atoms with Gasteiger partial charge in [0.05, 0.1) is 13.5 Å². The Hall–Kier alpha value is -4.10. The van der Waals surface area contributed by atoms with Gasteiger partial charge in [-0.25, -0.2) is 0 Å². The number of carbonyl (C=O) groups is 2. The van der Waals surface area contributed by atoms with Crippen LogP contribution < -0.4 is 15.4 Å². The molecule has 1 aromatic heterocycles. The summed E-state index contributed by atoms with van der Waals surface area (Å²) in [7, 11) is 1.68. The molecule has 0 aliphatic carbocycles. The minimum Gasteiger partial charge on any atom is -0.497 e. The lowest BCUT2D eigenvalue weighted by Gasteiger charge is -2.32. The highest BCUT2D eigenvalue weighted by molar-refractivity contribution is 6.04. The SMILES string of the molecule is COc1cccc(CN2CCC(NC(=O)Cc3ccc(NC(=O)c4cc5ccccc5o4)cc3)CC2)c1. The van der Waals surface area contributed by atoms with Crippen molar-refractivity contribution >= 4 is 28.5 Å². The molecular weight excluding hydrogens is 466 g/mol. The fraction of sp³-hybridized carbons (Fsp3) is 0.267. The molecule has 7 nitrogen and oxygen atoms in total. The largest absolute Gasteiger partial charge is 0.497 e. The van der Waals surface area contributed by atoms with Gasteiger partial charge in [0, 0.05) is 36.7 Å². The molecule has 1 fully saturated rings. The fourth-order valence-electron chi connectivity index (χ4n) is 4.72. The van der Waals surface area contributed by atoms with Crippen LogP contribution in [0.25, 0.3) is 11.0 Å². The molecule has 3 aromatic carbocycles. The third kappa shape index (κ3) is 6.37. The van der Waals surface area contributed by atoms with Gasteiger partial charge < -0.3 is 19.8 Å². The zero-order chi connectivity index (χ0) is 25.6. The Kier molecular flexibility index (Phi) is 7.51. The number of hydrogen-bond donors (Lipinski definition) is 2. The number of fused-ring (bicyclic) bond motifs is 1. The summed E-state index contributed by atoms with van der Waals surface area (Å²) < 4.78 is 10.9. The number of ether oxygens (including phenoxy) is 1. The van der Waals surface area contributed by atoms with Crippen LogP contribution in [-0.2, 0) is 17.8 Å². The number of hydrogen-bond acceptors (Lipinski definition) is 5. The van der Waals surface area contributed by atoms with Gasteiger partial charge in [-0.1, -0.05) is 42.5 Å². The molecule has 0 spiro atoms. The zero-order valence-corrected chi connectivity index (χ0v) is 20.9. The number of anilines is 1. The number of nitrogens with one attached hydrogen (secondary N) is 2. The van der Waals surface area contributed by atoms with Crippen molar-refractivity contribution < 1.29 is 18.7 Å². The molecule has 0 bridgehead atoms. The van der Waals surface area contributed by atoms with E-state index in [-0.39, 0.29) is 23.6 Å². The summed E-state index contributed by atoms with van der Waals surface area (Å²) in [6.45, 7) is 2.78. The Labute approximate surface area is 216 Å². The van der Waals surface area contributed by atoms with Gasteiger partial charge >= 0.3 is 0 Å². The molecule has 190 valence electrons. The van der Waals surface area contributed by atoms with Crippen LogP contribution in [0.4, 0.5) is 5.69 Å². The van der Waals surface area contributed by atoms with Gasteiger partial charge in [0.2, 0.25) is 5.91 Å². The van der Waals surface area contributed by atoms with E-state index in [1.807, 2.05) is 48.5 Å². The Morgan fingerprint density at radius 3 is 2.49 bits per heavy atom. The summed E-state index contributed by atoms with van der Waals surface area (Å²) >= 11 is 0. The first-order valence-electron chi connectivity index (χ1n) is 12.6. The molecule has 2 N–H and O–H groups in total. The Morgan fingerprint density at radius 2 is 1.73 bits per heavy atom. The van der Waals surface area contributed by atoms with Crippen LogP contribution in [0.1, 0.15) is 34.5 Å². The van der Waals surface area contributed by atoms with Crippen LogP contribution in [0.15, 0.2) is 83.3 Å². The molecule has 2 heterocycles. The van der Waals surface area contributed by atoms with E-state index < -0.39 is 0 Å². The lowest BCUT2D eigenvalue weighted by atomic mass is 10.0. The van der Waals surface area contributed by atoms with Crippen molar-refractivity contribution in [3.63, 3.8) is 0 Å². The number of carbonyl (C=O) groups excluding carboxylic acids is 2. The van der Waals surface area contributed by atoms with Gasteiger partial charge in [0.1, 0.15) is 11.3 Å². The predicted octanol–water partition coefficient (Wildman–Crippen LogP) is 5.02. The molecular formula is C30H31N3O4. The summed E-state index contributed by atoms with van der Waals surface area (Å²) in [6.07, 6.45) is 2.17. The number of methoxy groups -OCH3 is 1. The van der Waals surface area contributed by atoms with E-state index in [0.717, 1.165) is 49.2 Å². The highest BCUT2D eigenvalue weighted by Crippen LogP contribution is 2.21. The van der Waals surface area contributed by atoms with Gasteiger partial charge in [-0.15, -0.1) is 0 Å². The van der Waals surface area contributed by atoms with E-state index >= 15 is 0 Å².